The number of carbonyl (C=O) groups is 1. The molecule has 1 aromatic heterocycles. The number of aryl methyl sites for hydroxylation is 1. The van der Waals surface area contributed by atoms with Gasteiger partial charge in [-0.05, 0) is 19.3 Å². The van der Waals surface area contributed by atoms with Crippen LogP contribution in [-0.2, 0) is 11.2 Å². The lowest BCUT2D eigenvalue weighted by atomic mass is 9.84. The number of hydrogen-bond acceptors (Lipinski definition) is 3. The summed E-state index contributed by atoms with van der Waals surface area (Å²) < 4.78 is 0. The zero-order chi connectivity index (χ0) is 13.0. The molecule has 2 unspecified atom stereocenters. The van der Waals surface area contributed by atoms with Crippen LogP contribution < -0.4 is 11.1 Å². The van der Waals surface area contributed by atoms with Gasteiger partial charge in [0, 0.05) is 17.8 Å². The van der Waals surface area contributed by atoms with E-state index in [0.717, 1.165) is 44.2 Å². The summed E-state index contributed by atoms with van der Waals surface area (Å²) in [5.74, 6) is 0.558. The van der Waals surface area contributed by atoms with E-state index in [1.807, 2.05) is 6.07 Å². The number of nitrogens with zero attached hydrogens (tertiary/aromatic N) is 1. The van der Waals surface area contributed by atoms with E-state index in [4.69, 9.17) is 5.73 Å². The number of anilines is 1. The average molecular weight is 250 g/mol. The second-order valence-corrected chi connectivity index (χ2v) is 5.07. The van der Waals surface area contributed by atoms with Gasteiger partial charge >= 0.3 is 0 Å². The number of H-pyrrole nitrogens is 1. The van der Waals surface area contributed by atoms with Gasteiger partial charge in [0.1, 0.15) is 0 Å². The lowest BCUT2D eigenvalue weighted by Crippen LogP contribution is -2.40. The zero-order valence-corrected chi connectivity index (χ0v) is 10.9. The second kappa shape index (κ2) is 6.00. The lowest BCUT2D eigenvalue weighted by molar-refractivity contribution is -0.121. The molecule has 0 saturated heterocycles. The highest BCUT2D eigenvalue weighted by Crippen LogP contribution is 2.24. The largest absolute Gasteiger partial charge is 0.327 e. The molecule has 0 spiro atoms. The molecule has 2 rings (SSSR count). The third kappa shape index (κ3) is 3.10. The molecule has 0 aliphatic heterocycles. The fourth-order valence-electron chi connectivity index (χ4n) is 2.53. The van der Waals surface area contributed by atoms with Gasteiger partial charge in [0.2, 0.25) is 5.91 Å². The summed E-state index contributed by atoms with van der Waals surface area (Å²) in [5.41, 5.74) is 7.05. The van der Waals surface area contributed by atoms with Crippen molar-refractivity contribution in [2.75, 3.05) is 5.32 Å². The quantitative estimate of drug-likeness (QED) is 0.762. The number of amides is 1. The molecule has 1 aromatic rings. The van der Waals surface area contributed by atoms with Gasteiger partial charge in [-0.25, -0.2) is 0 Å². The lowest BCUT2D eigenvalue weighted by Gasteiger charge is -2.26. The number of rotatable bonds is 4. The SMILES string of the molecule is CCCc1cc(NC(=O)C2CCCCC2N)n[nH]1. The summed E-state index contributed by atoms with van der Waals surface area (Å²) in [4.78, 5) is 12.1. The summed E-state index contributed by atoms with van der Waals surface area (Å²) in [7, 11) is 0. The van der Waals surface area contributed by atoms with Crippen molar-refractivity contribution in [3.63, 3.8) is 0 Å². The van der Waals surface area contributed by atoms with Gasteiger partial charge in [0.15, 0.2) is 5.82 Å². The van der Waals surface area contributed by atoms with E-state index in [-0.39, 0.29) is 17.9 Å². The number of carbonyl (C=O) groups excluding carboxylic acids is 1. The van der Waals surface area contributed by atoms with Crippen LogP contribution in [0.4, 0.5) is 5.82 Å². The maximum absolute atomic E-state index is 12.1. The van der Waals surface area contributed by atoms with E-state index >= 15 is 0 Å². The topological polar surface area (TPSA) is 83.8 Å². The van der Waals surface area contributed by atoms with Gasteiger partial charge in [-0.15, -0.1) is 0 Å². The molecule has 0 aromatic carbocycles. The van der Waals surface area contributed by atoms with E-state index in [1.165, 1.54) is 0 Å². The van der Waals surface area contributed by atoms with Crippen LogP contribution >= 0.6 is 0 Å². The van der Waals surface area contributed by atoms with Gasteiger partial charge in [-0.3, -0.25) is 9.89 Å². The Hall–Kier alpha value is -1.36. The summed E-state index contributed by atoms with van der Waals surface area (Å²) in [6.07, 6.45) is 6.06. The van der Waals surface area contributed by atoms with Crippen molar-refractivity contribution in [3.05, 3.63) is 11.8 Å². The van der Waals surface area contributed by atoms with Crippen LogP contribution in [-0.4, -0.2) is 22.1 Å². The minimum absolute atomic E-state index is 0.00666. The third-order valence-electron chi connectivity index (χ3n) is 3.56. The van der Waals surface area contributed by atoms with Crippen molar-refractivity contribution >= 4 is 11.7 Å². The molecule has 0 radical (unpaired) electrons. The van der Waals surface area contributed by atoms with E-state index in [0.29, 0.717) is 5.82 Å². The van der Waals surface area contributed by atoms with Gasteiger partial charge in [-0.1, -0.05) is 26.2 Å². The number of nitrogens with one attached hydrogen (secondary N) is 2. The molecule has 1 aliphatic rings. The Bertz CT molecular complexity index is 401. The molecular formula is C13H22N4O. The van der Waals surface area contributed by atoms with Gasteiger partial charge in [0.05, 0.1) is 5.92 Å². The molecule has 100 valence electrons. The Balaban J connectivity index is 1.93. The van der Waals surface area contributed by atoms with Crippen molar-refractivity contribution in [2.24, 2.45) is 11.7 Å². The zero-order valence-electron chi connectivity index (χ0n) is 10.9. The van der Waals surface area contributed by atoms with Gasteiger partial charge in [-0.2, -0.15) is 5.10 Å². The normalized spacial score (nSPS) is 23.9. The predicted molar refractivity (Wildman–Crippen MR) is 71.1 cm³/mol. The highest BCUT2D eigenvalue weighted by atomic mass is 16.2. The Morgan fingerprint density at radius 3 is 3.06 bits per heavy atom. The molecular weight excluding hydrogens is 228 g/mol. The van der Waals surface area contributed by atoms with Crippen molar-refractivity contribution in [1.29, 1.82) is 0 Å². The Morgan fingerprint density at radius 2 is 2.33 bits per heavy atom. The van der Waals surface area contributed by atoms with Crippen LogP contribution in [0.1, 0.15) is 44.7 Å². The van der Waals surface area contributed by atoms with Crippen LogP contribution in [0.3, 0.4) is 0 Å². The maximum atomic E-state index is 12.1. The van der Waals surface area contributed by atoms with Crippen molar-refractivity contribution in [2.45, 2.75) is 51.5 Å². The molecule has 1 fully saturated rings. The predicted octanol–water partition coefficient (Wildman–Crippen LogP) is 1.82. The first-order valence-corrected chi connectivity index (χ1v) is 6.81. The molecule has 1 saturated carbocycles. The van der Waals surface area contributed by atoms with Gasteiger partial charge < -0.3 is 11.1 Å². The molecule has 4 N–H and O–H groups in total. The van der Waals surface area contributed by atoms with E-state index in [1.54, 1.807) is 0 Å². The number of nitrogens with two attached hydrogens (primary N) is 1. The molecule has 5 heteroatoms. The molecule has 0 bridgehead atoms. The average Bonchev–Trinajstić information content (AvgIpc) is 2.77. The van der Waals surface area contributed by atoms with Crippen molar-refractivity contribution in [3.8, 4) is 0 Å². The Kier molecular flexibility index (Phi) is 4.36. The number of aromatic amines is 1. The van der Waals surface area contributed by atoms with Crippen LogP contribution in [0.5, 0.6) is 0 Å². The van der Waals surface area contributed by atoms with Gasteiger partial charge in [0.25, 0.3) is 0 Å². The molecule has 2 atom stereocenters. The number of aromatic nitrogens is 2. The van der Waals surface area contributed by atoms with E-state index in [2.05, 4.69) is 22.4 Å². The highest BCUT2D eigenvalue weighted by molar-refractivity contribution is 5.92. The summed E-state index contributed by atoms with van der Waals surface area (Å²) in [6.45, 7) is 2.11. The first-order valence-electron chi connectivity index (χ1n) is 6.81. The molecule has 1 amide bonds. The fraction of sp³-hybridized carbons (Fsp3) is 0.692. The highest BCUT2D eigenvalue weighted by Gasteiger charge is 2.28. The second-order valence-electron chi connectivity index (χ2n) is 5.07. The van der Waals surface area contributed by atoms with Crippen molar-refractivity contribution in [1.82, 2.24) is 10.2 Å². The third-order valence-corrected chi connectivity index (χ3v) is 3.56. The first kappa shape index (κ1) is 13.1. The molecule has 1 heterocycles. The smallest absolute Gasteiger partial charge is 0.230 e. The maximum Gasteiger partial charge on any atom is 0.230 e. The molecule has 5 nitrogen and oxygen atoms in total. The minimum Gasteiger partial charge on any atom is -0.327 e. The standard InChI is InChI=1S/C13H22N4O/c1-2-5-9-8-12(17-16-9)15-13(18)10-6-3-4-7-11(10)14/h8,10-11H,2-7,14H2,1H3,(H2,15,16,17,18). The number of hydrogen-bond donors (Lipinski definition) is 3. The van der Waals surface area contributed by atoms with E-state index in [9.17, 15) is 4.79 Å². The Morgan fingerprint density at radius 1 is 1.56 bits per heavy atom. The molecule has 1 aliphatic carbocycles. The van der Waals surface area contributed by atoms with Crippen LogP contribution in [0.15, 0.2) is 6.07 Å². The van der Waals surface area contributed by atoms with Crippen LogP contribution in [0, 0.1) is 5.92 Å². The molecule has 18 heavy (non-hydrogen) atoms. The van der Waals surface area contributed by atoms with E-state index < -0.39 is 0 Å². The first-order chi connectivity index (χ1) is 8.70. The minimum atomic E-state index is -0.0647. The summed E-state index contributed by atoms with van der Waals surface area (Å²) >= 11 is 0. The summed E-state index contributed by atoms with van der Waals surface area (Å²) in [6, 6.07) is 1.89. The van der Waals surface area contributed by atoms with Crippen LogP contribution in [0.25, 0.3) is 0 Å². The summed E-state index contributed by atoms with van der Waals surface area (Å²) in [5, 5.41) is 9.89. The Labute approximate surface area is 108 Å². The van der Waals surface area contributed by atoms with Crippen molar-refractivity contribution < 1.29 is 4.79 Å². The monoisotopic (exact) mass is 250 g/mol. The van der Waals surface area contributed by atoms with Crippen LogP contribution in [0.2, 0.25) is 0 Å². The fourth-order valence-corrected chi connectivity index (χ4v) is 2.53.